The van der Waals surface area contributed by atoms with Crippen molar-refractivity contribution in [3.63, 3.8) is 0 Å². The van der Waals surface area contributed by atoms with Crippen LogP contribution in [0, 0.1) is 20.8 Å². The van der Waals surface area contributed by atoms with Gasteiger partial charge in [0.05, 0.1) is 6.04 Å². The Bertz CT molecular complexity index is 782. The normalized spacial score (nSPS) is 17.1. The molecule has 1 N–H and O–H groups in total. The van der Waals surface area contributed by atoms with Crippen LogP contribution in [0.15, 0.2) is 28.8 Å². The lowest BCUT2D eigenvalue weighted by molar-refractivity contribution is -0.143. The van der Waals surface area contributed by atoms with Crippen LogP contribution >= 0.6 is 0 Å². The van der Waals surface area contributed by atoms with Crippen LogP contribution in [0.1, 0.15) is 41.3 Å². The van der Waals surface area contributed by atoms with Crippen molar-refractivity contribution < 1.29 is 14.1 Å². The highest BCUT2D eigenvalue weighted by Crippen LogP contribution is 2.33. The Morgan fingerprint density at radius 3 is 2.67 bits per heavy atom. The Balaban J connectivity index is 1.75. The molecule has 1 aliphatic heterocycles. The number of nitrogens with zero attached hydrogens (tertiary/aromatic N) is 2. The molecule has 2 heterocycles. The molecule has 2 amide bonds. The van der Waals surface area contributed by atoms with Gasteiger partial charge in [0.1, 0.15) is 5.76 Å². The number of carbonyl (C=O) groups is 2. The van der Waals surface area contributed by atoms with Crippen molar-refractivity contribution in [2.45, 2.75) is 39.7 Å². The molecule has 6 nitrogen and oxygen atoms in total. The van der Waals surface area contributed by atoms with Gasteiger partial charge in [-0.05, 0) is 50.3 Å². The second-order valence-electron chi connectivity index (χ2n) is 6.28. The summed E-state index contributed by atoms with van der Waals surface area (Å²) in [5.41, 5.74) is 3.48. The summed E-state index contributed by atoms with van der Waals surface area (Å²) in [6.45, 7) is 6.42. The smallest absolute Gasteiger partial charge is 0.315 e. The van der Waals surface area contributed by atoms with Crippen LogP contribution in [0.4, 0.5) is 5.82 Å². The van der Waals surface area contributed by atoms with Gasteiger partial charge in [0.25, 0.3) is 0 Å². The minimum absolute atomic E-state index is 0.0541. The Morgan fingerprint density at radius 2 is 2.00 bits per heavy atom. The van der Waals surface area contributed by atoms with E-state index in [1.54, 1.807) is 17.9 Å². The van der Waals surface area contributed by atoms with E-state index in [2.05, 4.69) is 36.5 Å². The summed E-state index contributed by atoms with van der Waals surface area (Å²) in [7, 11) is 0. The molecular weight excluding hydrogens is 306 g/mol. The number of anilines is 1. The molecule has 0 radical (unpaired) electrons. The number of hydrogen-bond donors (Lipinski definition) is 1. The van der Waals surface area contributed by atoms with Crippen molar-refractivity contribution in [3.8, 4) is 0 Å². The maximum atomic E-state index is 12.5. The van der Waals surface area contributed by atoms with Gasteiger partial charge < -0.3 is 9.42 Å². The lowest BCUT2D eigenvalue weighted by Gasteiger charge is -2.24. The molecule has 0 saturated carbocycles. The Morgan fingerprint density at radius 1 is 1.21 bits per heavy atom. The van der Waals surface area contributed by atoms with Gasteiger partial charge in [0.15, 0.2) is 5.82 Å². The number of hydrogen-bond acceptors (Lipinski definition) is 4. The third-order valence-corrected chi connectivity index (χ3v) is 4.49. The van der Waals surface area contributed by atoms with Gasteiger partial charge in [-0.3, -0.25) is 14.9 Å². The maximum absolute atomic E-state index is 12.5. The zero-order valence-corrected chi connectivity index (χ0v) is 14.1. The van der Waals surface area contributed by atoms with Crippen molar-refractivity contribution in [2.75, 3.05) is 11.9 Å². The molecular formula is C18H21N3O3. The average molecular weight is 327 g/mol. The summed E-state index contributed by atoms with van der Waals surface area (Å²) in [6, 6.07) is 7.73. The van der Waals surface area contributed by atoms with E-state index in [1.165, 1.54) is 11.1 Å². The van der Waals surface area contributed by atoms with Crippen LogP contribution in [0.3, 0.4) is 0 Å². The van der Waals surface area contributed by atoms with Crippen LogP contribution < -0.4 is 5.32 Å². The predicted octanol–water partition coefficient (Wildman–Crippen LogP) is 2.90. The second-order valence-corrected chi connectivity index (χ2v) is 6.28. The number of aromatic nitrogens is 1. The average Bonchev–Trinajstić information content (AvgIpc) is 3.18. The number of rotatable bonds is 2. The van der Waals surface area contributed by atoms with Crippen LogP contribution in [-0.4, -0.2) is 28.4 Å². The lowest BCUT2D eigenvalue weighted by atomic mass is 9.99. The van der Waals surface area contributed by atoms with Crippen LogP contribution in [0.5, 0.6) is 0 Å². The van der Waals surface area contributed by atoms with Gasteiger partial charge in [-0.2, -0.15) is 0 Å². The van der Waals surface area contributed by atoms with Crippen LogP contribution in [0.25, 0.3) is 0 Å². The number of benzene rings is 1. The number of aryl methyl sites for hydroxylation is 3. The summed E-state index contributed by atoms with van der Waals surface area (Å²) in [5.74, 6) is -0.380. The van der Waals surface area contributed by atoms with E-state index in [9.17, 15) is 9.59 Å². The second kappa shape index (κ2) is 6.47. The molecule has 1 unspecified atom stereocenters. The third-order valence-electron chi connectivity index (χ3n) is 4.49. The number of nitrogens with one attached hydrogen (secondary N) is 1. The molecule has 1 saturated heterocycles. The van der Waals surface area contributed by atoms with Gasteiger partial charge in [0.2, 0.25) is 0 Å². The molecule has 126 valence electrons. The highest BCUT2D eigenvalue weighted by atomic mass is 16.5. The van der Waals surface area contributed by atoms with E-state index in [0.717, 1.165) is 18.4 Å². The fourth-order valence-corrected chi connectivity index (χ4v) is 3.05. The number of amides is 2. The largest absolute Gasteiger partial charge is 0.360 e. The van der Waals surface area contributed by atoms with Gasteiger partial charge in [0, 0.05) is 12.6 Å². The first-order valence-electron chi connectivity index (χ1n) is 8.08. The maximum Gasteiger partial charge on any atom is 0.315 e. The van der Waals surface area contributed by atoms with E-state index in [-0.39, 0.29) is 11.9 Å². The van der Waals surface area contributed by atoms with E-state index in [0.29, 0.717) is 12.3 Å². The van der Waals surface area contributed by atoms with E-state index < -0.39 is 11.8 Å². The van der Waals surface area contributed by atoms with E-state index >= 15 is 0 Å². The zero-order chi connectivity index (χ0) is 17.3. The minimum Gasteiger partial charge on any atom is -0.360 e. The first-order valence-corrected chi connectivity index (χ1v) is 8.08. The molecule has 0 spiro atoms. The standard InChI is InChI=1S/C18H21N3O3/c1-11-6-7-14(9-12(11)2)15-5-4-8-21(15)18(23)17(22)19-16-10-13(3)24-20-16/h6-7,9-10,15H,4-5,8H2,1-3H3,(H,19,20,22). The van der Waals surface area contributed by atoms with Crippen molar-refractivity contribution >= 4 is 17.6 Å². The minimum atomic E-state index is -0.681. The van der Waals surface area contributed by atoms with Gasteiger partial charge >= 0.3 is 11.8 Å². The van der Waals surface area contributed by atoms with Crippen molar-refractivity contribution in [3.05, 3.63) is 46.7 Å². The Hall–Kier alpha value is -2.63. The van der Waals surface area contributed by atoms with Crippen LogP contribution in [-0.2, 0) is 9.59 Å². The topological polar surface area (TPSA) is 75.4 Å². The summed E-state index contributed by atoms with van der Waals surface area (Å²) in [5, 5.41) is 6.18. The highest BCUT2D eigenvalue weighted by Gasteiger charge is 2.33. The summed E-state index contributed by atoms with van der Waals surface area (Å²) < 4.78 is 4.90. The van der Waals surface area contributed by atoms with Gasteiger partial charge in [-0.1, -0.05) is 23.4 Å². The number of carbonyl (C=O) groups excluding carboxylic acids is 2. The summed E-state index contributed by atoms with van der Waals surface area (Å²) >= 11 is 0. The van der Waals surface area contributed by atoms with Crippen molar-refractivity contribution in [1.82, 2.24) is 10.1 Å². The molecule has 1 fully saturated rings. The molecule has 1 aromatic heterocycles. The number of likely N-dealkylation sites (tertiary alicyclic amines) is 1. The highest BCUT2D eigenvalue weighted by molar-refractivity contribution is 6.39. The molecule has 1 aliphatic rings. The Labute approximate surface area is 140 Å². The fourth-order valence-electron chi connectivity index (χ4n) is 3.05. The van der Waals surface area contributed by atoms with Crippen LogP contribution in [0.2, 0.25) is 0 Å². The molecule has 2 aromatic rings. The quantitative estimate of drug-likeness (QED) is 0.861. The monoisotopic (exact) mass is 327 g/mol. The molecule has 0 aliphatic carbocycles. The lowest BCUT2D eigenvalue weighted by Crippen LogP contribution is -2.39. The first kappa shape index (κ1) is 16.2. The van der Waals surface area contributed by atoms with E-state index in [1.807, 2.05) is 6.07 Å². The molecule has 0 bridgehead atoms. The molecule has 3 rings (SSSR count). The van der Waals surface area contributed by atoms with Crippen molar-refractivity contribution in [2.24, 2.45) is 0 Å². The molecule has 24 heavy (non-hydrogen) atoms. The summed E-state index contributed by atoms with van der Waals surface area (Å²) in [4.78, 5) is 26.4. The fraction of sp³-hybridized carbons (Fsp3) is 0.389. The third kappa shape index (κ3) is 3.18. The molecule has 6 heteroatoms. The first-order chi connectivity index (χ1) is 11.5. The summed E-state index contributed by atoms with van der Waals surface area (Å²) in [6.07, 6.45) is 1.75. The molecule has 1 aromatic carbocycles. The zero-order valence-electron chi connectivity index (χ0n) is 14.1. The van der Waals surface area contributed by atoms with E-state index in [4.69, 9.17) is 4.52 Å². The van der Waals surface area contributed by atoms with Gasteiger partial charge in [-0.15, -0.1) is 0 Å². The van der Waals surface area contributed by atoms with Crippen molar-refractivity contribution in [1.29, 1.82) is 0 Å². The SMILES string of the molecule is Cc1cc(NC(=O)C(=O)N2CCCC2c2ccc(C)c(C)c2)no1. The van der Waals surface area contributed by atoms with Gasteiger partial charge in [-0.25, -0.2) is 0 Å². The molecule has 1 atom stereocenters. The Kier molecular flexibility index (Phi) is 4.38. The predicted molar refractivity (Wildman–Crippen MR) is 89.5 cm³/mol.